The number of carbonyl (C=O) groups is 1. The number of likely N-dealkylation sites (tertiary alicyclic amines) is 1. The third kappa shape index (κ3) is 5.51. The van der Waals surface area contributed by atoms with E-state index in [1.165, 1.54) is 0 Å². The smallest absolute Gasteiger partial charge is 0.226 e. The van der Waals surface area contributed by atoms with Gasteiger partial charge in [0, 0.05) is 71.2 Å². The number of fused-ring (bicyclic) bond motifs is 4. The number of ether oxygens (including phenoxy) is 1. The van der Waals surface area contributed by atoms with E-state index in [0.717, 1.165) is 53.7 Å². The molecule has 1 N–H and O–H groups in total. The lowest BCUT2D eigenvalue weighted by Gasteiger charge is -2.39. The van der Waals surface area contributed by atoms with Gasteiger partial charge in [-0.15, -0.1) is 0 Å². The molecule has 2 aliphatic carbocycles. The SMILES string of the molecule is Cc1nc2c(F)c(-c3cccc(Cl)c3Cl)c(CCC#N)cc2c2c1cc([C@H]1C[C@H](OC(C)c3ccccc3)CN1C(=O)C1CC1)n2[C@H]1[C@H]2CN[C@@H]1C2. The number of hydrogen-bond donors (Lipinski definition) is 1. The first-order valence-corrected chi connectivity index (χ1v) is 19.2. The van der Waals surface area contributed by atoms with Crippen LogP contribution in [-0.4, -0.2) is 45.6 Å². The topological polar surface area (TPSA) is 83.2 Å². The Morgan fingerprint density at radius 1 is 1.12 bits per heavy atom. The predicted octanol–water partition coefficient (Wildman–Crippen LogP) is 9.43. The largest absolute Gasteiger partial charge is 0.369 e. The van der Waals surface area contributed by atoms with Gasteiger partial charge in [-0.2, -0.15) is 5.26 Å². The standard InChI is InChI=1S/C42H40Cl2FN5O2/c1-22-30-19-35(34-18-28(21-49(34)42(51)25-13-14-25)52-23(2)24-8-4-3-5-9-24)50(40-27-17-33(40)47-20-27)41(30)31-16-26(10-7-15-46)36(38(45)39(31)48-22)29-11-6-12-32(43)37(29)44/h3-6,8-9,11-12,16,19,23,25,27-28,33-34,40,47H,7,10,13-14,17-18,20-21H2,1-2H3/t23?,27-,28+,33-,34-,40+/m1/s1. The minimum Gasteiger partial charge on any atom is -0.369 e. The van der Waals surface area contributed by atoms with E-state index in [1.54, 1.807) is 18.2 Å². The molecular weight excluding hydrogens is 696 g/mol. The number of benzene rings is 3. The van der Waals surface area contributed by atoms with E-state index in [9.17, 15) is 10.1 Å². The lowest BCUT2D eigenvalue weighted by atomic mass is 9.79. The summed E-state index contributed by atoms with van der Waals surface area (Å²) in [5, 5.41) is 15.6. The molecule has 5 aliphatic rings. The van der Waals surface area contributed by atoms with Crippen molar-refractivity contribution in [2.45, 2.75) is 82.7 Å². The number of nitrogens with zero attached hydrogens (tertiary/aromatic N) is 4. The molecule has 5 heterocycles. The van der Waals surface area contributed by atoms with Crippen LogP contribution in [0.1, 0.15) is 79.7 Å². The molecule has 266 valence electrons. The summed E-state index contributed by atoms with van der Waals surface area (Å²) in [5.41, 5.74) is 5.57. The molecule has 2 saturated carbocycles. The average Bonchev–Trinajstić information content (AvgIpc) is 3.43. The summed E-state index contributed by atoms with van der Waals surface area (Å²) in [6, 6.07) is 22.1. The summed E-state index contributed by atoms with van der Waals surface area (Å²) in [4.78, 5) is 21.0. The third-order valence-electron chi connectivity index (χ3n) is 11.9. The molecule has 1 amide bonds. The summed E-state index contributed by atoms with van der Waals surface area (Å²) in [5.74, 6) is 0.209. The van der Waals surface area contributed by atoms with Gasteiger partial charge in [0.2, 0.25) is 5.91 Å². The molecule has 52 heavy (non-hydrogen) atoms. The molecule has 5 fully saturated rings. The Morgan fingerprint density at radius 3 is 2.63 bits per heavy atom. The van der Waals surface area contributed by atoms with Crippen LogP contribution < -0.4 is 5.32 Å². The van der Waals surface area contributed by atoms with Gasteiger partial charge in [0.05, 0.1) is 45.9 Å². The molecule has 3 aromatic carbocycles. The molecular formula is C42H40Cl2FN5O2. The van der Waals surface area contributed by atoms with Gasteiger partial charge in [-0.05, 0) is 74.8 Å². The maximum Gasteiger partial charge on any atom is 0.226 e. The Kier molecular flexibility index (Phi) is 8.54. The molecule has 0 spiro atoms. The zero-order chi connectivity index (χ0) is 35.8. The van der Waals surface area contributed by atoms with Crippen LogP contribution in [0.3, 0.4) is 0 Å². The maximum absolute atomic E-state index is 17.2. The van der Waals surface area contributed by atoms with Crippen molar-refractivity contribution in [1.29, 1.82) is 5.26 Å². The molecule has 10 heteroatoms. The summed E-state index contributed by atoms with van der Waals surface area (Å²) in [6.45, 7) is 5.47. The first-order valence-electron chi connectivity index (χ1n) is 18.5. The molecule has 7 nitrogen and oxygen atoms in total. The van der Waals surface area contributed by atoms with Crippen molar-refractivity contribution < 1.29 is 13.9 Å². The lowest BCUT2D eigenvalue weighted by Crippen LogP contribution is -2.41. The fourth-order valence-corrected chi connectivity index (χ4v) is 9.57. The van der Waals surface area contributed by atoms with E-state index < -0.39 is 5.82 Å². The zero-order valence-corrected chi connectivity index (χ0v) is 30.7. The van der Waals surface area contributed by atoms with E-state index in [1.807, 2.05) is 31.2 Å². The number of pyridine rings is 1. The highest BCUT2D eigenvalue weighted by atomic mass is 35.5. The van der Waals surface area contributed by atoms with Crippen molar-refractivity contribution >= 4 is 50.9 Å². The number of hydrogen-bond acceptors (Lipinski definition) is 5. The molecule has 6 atom stereocenters. The average molecular weight is 737 g/mol. The Hall–Kier alpha value is -4.00. The Balaban J connectivity index is 1.24. The van der Waals surface area contributed by atoms with Crippen LogP contribution >= 0.6 is 23.2 Å². The second-order valence-electron chi connectivity index (χ2n) is 15.1. The van der Waals surface area contributed by atoms with Crippen LogP contribution in [0.4, 0.5) is 4.39 Å². The molecule has 0 radical (unpaired) electrons. The first kappa shape index (κ1) is 33.8. The van der Waals surface area contributed by atoms with E-state index >= 15 is 4.39 Å². The van der Waals surface area contributed by atoms with E-state index in [2.05, 4.69) is 46.0 Å². The molecule has 2 bridgehead atoms. The fraction of sp³-hybridized carbons (Fsp3) is 0.405. The molecule has 3 saturated heterocycles. The summed E-state index contributed by atoms with van der Waals surface area (Å²) in [7, 11) is 0. The van der Waals surface area contributed by atoms with Crippen LogP contribution in [0.25, 0.3) is 32.9 Å². The van der Waals surface area contributed by atoms with Gasteiger partial charge in [0.1, 0.15) is 5.52 Å². The quantitative estimate of drug-likeness (QED) is 0.163. The van der Waals surface area contributed by atoms with Gasteiger partial charge < -0.3 is 19.5 Å². The second kappa shape index (κ2) is 13.1. The predicted molar refractivity (Wildman–Crippen MR) is 202 cm³/mol. The van der Waals surface area contributed by atoms with Gasteiger partial charge in [0.15, 0.2) is 5.82 Å². The second-order valence-corrected chi connectivity index (χ2v) is 15.9. The normalized spacial score (nSPS) is 24.4. The monoisotopic (exact) mass is 735 g/mol. The van der Waals surface area contributed by atoms with Crippen molar-refractivity contribution in [2.24, 2.45) is 11.8 Å². The van der Waals surface area contributed by atoms with Crippen molar-refractivity contribution in [3.8, 4) is 17.2 Å². The highest BCUT2D eigenvalue weighted by molar-refractivity contribution is 6.43. The van der Waals surface area contributed by atoms with Gasteiger partial charge in [-0.1, -0.05) is 65.7 Å². The summed E-state index contributed by atoms with van der Waals surface area (Å²) >= 11 is 13.1. The number of rotatable bonds is 9. The molecule has 3 aliphatic heterocycles. The highest BCUT2D eigenvalue weighted by Gasteiger charge is 2.51. The van der Waals surface area contributed by atoms with Crippen LogP contribution in [-0.2, 0) is 16.0 Å². The van der Waals surface area contributed by atoms with E-state index in [0.29, 0.717) is 52.4 Å². The minimum atomic E-state index is -0.474. The van der Waals surface area contributed by atoms with Crippen molar-refractivity contribution in [3.05, 3.63) is 99.0 Å². The van der Waals surface area contributed by atoms with Crippen LogP contribution in [0.5, 0.6) is 0 Å². The Labute approximate surface area is 312 Å². The van der Waals surface area contributed by atoms with Crippen LogP contribution in [0.2, 0.25) is 10.0 Å². The third-order valence-corrected chi connectivity index (χ3v) is 12.7. The van der Waals surface area contributed by atoms with Gasteiger partial charge >= 0.3 is 0 Å². The minimum absolute atomic E-state index is 0.0601. The number of nitriles is 1. The molecule has 1 unspecified atom stereocenters. The Morgan fingerprint density at radius 2 is 1.92 bits per heavy atom. The summed E-state index contributed by atoms with van der Waals surface area (Å²) in [6.07, 6.45) is 3.90. The van der Waals surface area contributed by atoms with Crippen molar-refractivity contribution in [3.63, 3.8) is 0 Å². The van der Waals surface area contributed by atoms with E-state index in [4.69, 9.17) is 32.9 Å². The lowest BCUT2D eigenvalue weighted by molar-refractivity contribution is -0.134. The van der Waals surface area contributed by atoms with Crippen molar-refractivity contribution in [2.75, 3.05) is 13.1 Å². The van der Waals surface area contributed by atoms with Crippen LogP contribution in [0, 0.1) is 35.9 Å². The number of amides is 1. The van der Waals surface area contributed by atoms with E-state index in [-0.39, 0.29) is 59.1 Å². The van der Waals surface area contributed by atoms with Crippen molar-refractivity contribution in [1.82, 2.24) is 19.8 Å². The molecule has 2 aromatic heterocycles. The summed E-state index contributed by atoms with van der Waals surface area (Å²) < 4.78 is 26.3. The number of nitrogens with one attached hydrogen (secondary N) is 1. The van der Waals surface area contributed by atoms with Gasteiger partial charge in [-0.3, -0.25) is 4.79 Å². The fourth-order valence-electron chi connectivity index (χ4n) is 9.17. The number of aromatic nitrogens is 2. The molecule has 10 rings (SSSR count). The van der Waals surface area contributed by atoms with Crippen LogP contribution in [0.15, 0.2) is 60.7 Å². The zero-order valence-electron chi connectivity index (χ0n) is 29.2. The number of aryl methyl sites for hydroxylation is 2. The molecule has 5 aromatic rings. The van der Waals surface area contributed by atoms with Gasteiger partial charge in [-0.25, -0.2) is 9.37 Å². The van der Waals surface area contributed by atoms with Gasteiger partial charge in [0.25, 0.3) is 0 Å². The maximum atomic E-state index is 17.2. The number of halogens is 3. The number of carbonyl (C=O) groups excluding carboxylic acids is 1. The Bertz CT molecular complexity index is 2270. The highest BCUT2D eigenvalue weighted by Crippen LogP contribution is 2.51. The first-order chi connectivity index (χ1) is 25.2.